The molecule has 0 bridgehead atoms. The first-order chi connectivity index (χ1) is 8.49. The summed E-state index contributed by atoms with van der Waals surface area (Å²) in [4.78, 5) is 24.2. The molecule has 1 fully saturated rings. The van der Waals surface area contributed by atoms with Gasteiger partial charge < -0.3 is 14.5 Å². The summed E-state index contributed by atoms with van der Waals surface area (Å²) in [5.74, 6) is -0.601. The molecule has 1 N–H and O–H groups in total. The van der Waals surface area contributed by atoms with Crippen LogP contribution in [0.4, 0.5) is 0 Å². The number of hydrogen-bond acceptors (Lipinski definition) is 4. The zero-order chi connectivity index (χ0) is 13.3. The number of aliphatic carboxylic acids is 1. The molecule has 1 aromatic heterocycles. The van der Waals surface area contributed by atoms with Crippen molar-refractivity contribution in [3.05, 3.63) is 17.5 Å². The summed E-state index contributed by atoms with van der Waals surface area (Å²) in [6.45, 7) is 3.59. The molecule has 1 heterocycles. The molecule has 6 nitrogen and oxygen atoms in total. The Morgan fingerprint density at radius 1 is 1.56 bits per heavy atom. The van der Waals surface area contributed by atoms with Gasteiger partial charge in [-0.05, 0) is 12.8 Å². The largest absolute Gasteiger partial charge is 0.480 e. The van der Waals surface area contributed by atoms with Crippen LogP contribution >= 0.6 is 0 Å². The minimum Gasteiger partial charge on any atom is -0.480 e. The van der Waals surface area contributed by atoms with Crippen molar-refractivity contribution in [1.82, 2.24) is 10.1 Å². The topological polar surface area (TPSA) is 83.6 Å². The Morgan fingerprint density at radius 2 is 2.22 bits per heavy atom. The highest BCUT2D eigenvalue weighted by atomic mass is 16.5. The van der Waals surface area contributed by atoms with E-state index in [-0.39, 0.29) is 30.1 Å². The highest BCUT2D eigenvalue weighted by Gasteiger charge is 2.35. The molecule has 0 aromatic carbocycles. The van der Waals surface area contributed by atoms with Gasteiger partial charge in [0.25, 0.3) is 5.91 Å². The normalized spacial score (nSPS) is 14.8. The molecule has 1 saturated carbocycles. The van der Waals surface area contributed by atoms with E-state index in [0.29, 0.717) is 5.76 Å². The molecule has 1 amide bonds. The minimum atomic E-state index is -1.01. The van der Waals surface area contributed by atoms with Gasteiger partial charge in [0.15, 0.2) is 5.69 Å². The summed E-state index contributed by atoms with van der Waals surface area (Å²) in [5, 5.41) is 12.5. The number of amides is 1. The molecule has 0 atom stereocenters. The third-order valence-corrected chi connectivity index (χ3v) is 2.87. The lowest BCUT2D eigenvalue weighted by molar-refractivity contribution is -0.137. The maximum Gasteiger partial charge on any atom is 0.323 e. The van der Waals surface area contributed by atoms with E-state index >= 15 is 0 Å². The van der Waals surface area contributed by atoms with Crippen molar-refractivity contribution in [2.45, 2.75) is 38.6 Å². The fraction of sp³-hybridized carbons (Fsp3) is 0.583. The smallest absolute Gasteiger partial charge is 0.323 e. The van der Waals surface area contributed by atoms with Crippen molar-refractivity contribution in [3.8, 4) is 0 Å². The van der Waals surface area contributed by atoms with Crippen LogP contribution in [0.2, 0.25) is 0 Å². The van der Waals surface area contributed by atoms with Crippen molar-refractivity contribution in [3.63, 3.8) is 0 Å². The van der Waals surface area contributed by atoms with Crippen LogP contribution in [0.25, 0.3) is 0 Å². The highest BCUT2D eigenvalue weighted by Crippen LogP contribution is 2.28. The Morgan fingerprint density at radius 3 is 2.67 bits per heavy atom. The standard InChI is InChI=1S/C12H16N2O4/c1-7(2)10-5-9(13-18-10)12(17)14(6-11(15)16)8-3-4-8/h5,7-8H,3-4,6H2,1-2H3,(H,15,16). The molecule has 0 unspecified atom stereocenters. The zero-order valence-corrected chi connectivity index (χ0v) is 10.4. The first kappa shape index (κ1) is 12.6. The first-order valence-corrected chi connectivity index (χ1v) is 5.98. The monoisotopic (exact) mass is 252 g/mol. The van der Waals surface area contributed by atoms with Gasteiger partial charge in [-0.15, -0.1) is 0 Å². The van der Waals surface area contributed by atoms with Gasteiger partial charge in [0.2, 0.25) is 0 Å². The predicted molar refractivity (Wildman–Crippen MR) is 62.3 cm³/mol. The molecule has 2 rings (SSSR count). The molecule has 98 valence electrons. The fourth-order valence-electron chi connectivity index (χ4n) is 1.71. The number of carbonyl (C=O) groups is 2. The molecule has 0 radical (unpaired) electrons. The Balaban J connectivity index is 2.14. The van der Waals surface area contributed by atoms with Gasteiger partial charge in [-0.1, -0.05) is 19.0 Å². The summed E-state index contributed by atoms with van der Waals surface area (Å²) < 4.78 is 5.06. The zero-order valence-electron chi connectivity index (χ0n) is 10.4. The van der Waals surface area contributed by atoms with Crippen molar-refractivity contribution in [2.24, 2.45) is 0 Å². The Bertz CT molecular complexity index is 462. The van der Waals surface area contributed by atoms with E-state index in [1.54, 1.807) is 6.07 Å². The molecule has 18 heavy (non-hydrogen) atoms. The number of rotatable bonds is 5. The number of carboxylic acids is 1. The fourth-order valence-corrected chi connectivity index (χ4v) is 1.71. The van der Waals surface area contributed by atoms with E-state index in [4.69, 9.17) is 9.63 Å². The van der Waals surface area contributed by atoms with E-state index < -0.39 is 5.97 Å². The summed E-state index contributed by atoms with van der Waals surface area (Å²) >= 11 is 0. The van der Waals surface area contributed by atoms with Gasteiger partial charge in [-0.25, -0.2) is 0 Å². The van der Waals surface area contributed by atoms with Crippen LogP contribution in [0.3, 0.4) is 0 Å². The Labute approximate surface area is 105 Å². The van der Waals surface area contributed by atoms with E-state index in [9.17, 15) is 9.59 Å². The molecular formula is C12H16N2O4. The third-order valence-electron chi connectivity index (χ3n) is 2.87. The molecule has 6 heteroatoms. The average molecular weight is 252 g/mol. The lowest BCUT2D eigenvalue weighted by atomic mass is 10.1. The molecule has 1 aliphatic rings. The van der Waals surface area contributed by atoms with Crippen molar-refractivity contribution < 1.29 is 19.2 Å². The van der Waals surface area contributed by atoms with E-state index in [2.05, 4.69) is 5.16 Å². The van der Waals surface area contributed by atoms with Crippen molar-refractivity contribution in [2.75, 3.05) is 6.54 Å². The number of carboxylic acid groups (broad SMARTS) is 1. The lowest BCUT2D eigenvalue weighted by Gasteiger charge is -2.18. The van der Waals surface area contributed by atoms with Gasteiger partial charge in [0.05, 0.1) is 0 Å². The Hall–Kier alpha value is -1.85. The first-order valence-electron chi connectivity index (χ1n) is 5.98. The number of carbonyl (C=O) groups excluding carboxylic acids is 1. The number of hydrogen-bond donors (Lipinski definition) is 1. The van der Waals surface area contributed by atoms with Crippen LogP contribution in [0.15, 0.2) is 10.6 Å². The molecular weight excluding hydrogens is 236 g/mol. The number of aromatic nitrogens is 1. The lowest BCUT2D eigenvalue weighted by Crippen LogP contribution is -2.37. The third kappa shape index (κ3) is 2.69. The summed E-state index contributed by atoms with van der Waals surface area (Å²) in [6.07, 6.45) is 1.71. The SMILES string of the molecule is CC(C)c1cc(C(=O)N(CC(=O)O)C2CC2)no1. The van der Waals surface area contributed by atoms with Crippen LogP contribution in [0, 0.1) is 0 Å². The van der Waals surface area contributed by atoms with Crippen molar-refractivity contribution in [1.29, 1.82) is 0 Å². The van der Waals surface area contributed by atoms with Crippen LogP contribution in [0.5, 0.6) is 0 Å². The van der Waals surface area contributed by atoms with E-state index in [0.717, 1.165) is 12.8 Å². The molecule has 0 spiro atoms. The van der Waals surface area contributed by atoms with Crippen LogP contribution in [0.1, 0.15) is 48.9 Å². The summed E-state index contributed by atoms with van der Waals surface area (Å²) in [5.41, 5.74) is 0.187. The second-order valence-corrected chi connectivity index (χ2v) is 4.83. The second kappa shape index (κ2) is 4.80. The summed E-state index contributed by atoms with van der Waals surface area (Å²) in [7, 11) is 0. The van der Waals surface area contributed by atoms with Crippen LogP contribution < -0.4 is 0 Å². The Kier molecular flexibility index (Phi) is 3.36. The minimum absolute atomic E-state index is 0.0350. The molecule has 0 saturated heterocycles. The quantitative estimate of drug-likeness (QED) is 0.858. The second-order valence-electron chi connectivity index (χ2n) is 4.83. The average Bonchev–Trinajstić information content (AvgIpc) is 3.00. The van der Waals surface area contributed by atoms with Gasteiger partial charge >= 0.3 is 5.97 Å². The maximum absolute atomic E-state index is 12.1. The predicted octanol–water partition coefficient (Wildman–Crippen LogP) is 1.49. The highest BCUT2D eigenvalue weighted by molar-refractivity contribution is 5.94. The van der Waals surface area contributed by atoms with Gasteiger partial charge in [0.1, 0.15) is 12.3 Å². The van der Waals surface area contributed by atoms with Crippen LogP contribution in [-0.4, -0.2) is 39.6 Å². The van der Waals surface area contributed by atoms with Crippen LogP contribution in [-0.2, 0) is 4.79 Å². The number of nitrogens with zero attached hydrogens (tertiary/aromatic N) is 2. The maximum atomic E-state index is 12.1. The van der Waals surface area contributed by atoms with E-state index in [1.807, 2.05) is 13.8 Å². The molecule has 0 aliphatic heterocycles. The summed E-state index contributed by atoms with van der Waals surface area (Å²) in [6, 6.07) is 1.62. The van der Waals surface area contributed by atoms with Gasteiger partial charge in [-0.2, -0.15) is 0 Å². The van der Waals surface area contributed by atoms with E-state index in [1.165, 1.54) is 4.90 Å². The molecule has 1 aliphatic carbocycles. The van der Waals surface area contributed by atoms with Gasteiger partial charge in [0, 0.05) is 18.0 Å². The van der Waals surface area contributed by atoms with Crippen molar-refractivity contribution >= 4 is 11.9 Å². The molecule has 1 aromatic rings. The van der Waals surface area contributed by atoms with Gasteiger partial charge in [-0.3, -0.25) is 9.59 Å².